The minimum absolute atomic E-state index is 0.0246. The van der Waals surface area contributed by atoms with Crippen LogP contribution in [0.3, 0.4) is 0 Å². The van der Waals surface area contributed by atoms with Crippen molar-refractivity contribution in [1.82, 2.24) is 29.4 Å². The molecule has 14 heteroatoms. The van der Waals surface area contributed by atoms with Crippen LogP contribution < -0.4 is 10.1 Å². The first kappa shape index (κ1) is 30.1. The fraction of sp³-hybridized carbons (Fsp3) is 0.444. The largest absolute Gasteiger partial charge is 0.488 e. The number of ether oxygens (including phenoxy) is 1. The van der Waals surface area contributed by atoms with Crippen LogP contribution in [-0.2, 0) is 32.6 Å². The minimum atomic E-state index is -3.80. The molecule has 0 spiro atoms. The average molecular weight is 586 g/mol. The van der Waals surface area contributed by atoms with Crippen LogP contribution in [0.25, 0.3) is 0 Å². The molecular weight excluding hydrogens is 550 g/mol. The van der Waals surface area contributed by atoms with Crippen molar-refractivity contribution >= 4 is 27.5 Å². The first-order valence-corrected chi connectivity index (χ1v) is 14.7. The molecular formula is C27H35N7O6S. The van der Waals surface area contributed by atoms with E-state index in [0.29, 0.717) is 17.0 Å². The maximum absolute atomic E-state index is 13.4. The van der Waals surface area contributed by atoms with Gasteiger partial charge in [0.2, 0.25) is 21.8 Å². The number of carbonyl (C=O) groups excluding carboxylic acids is 2. The van der Waals surface area contributed by atoms with Crippen molar-refractivity contribution in [3.05, 3.63) is 59.9 Å². The van der Waals surface area contributed by atoms with E-state index in [4.69, 9.17) is 4.74 Å². The number of likely N-dealkylation sites (N-methyl/N-ethyl adjacent to an activating group) is 1. The number of aryl methyl sites for hydroxylation is 1. The van der Waals surface area contributed by atoms with Gasteiger partial charge in [0.1, 0.15) is 24.7 Å². The second kappa shape index (κ2) is 12.7. The molecule has 1 aromatic heterocycles. The number of nitrogens with one attached hydrogen (secondary N) is 1. The quantitative estimate of drug-likeness (QED) is 0.375. The molecule has 0 unspecified atom stereocenters. The number of sulfonamides is 1. The maximum Gasteiger partial charge on any atom is 0.246 e. The molecule has 1 aliphatic rings. The standard InChI is InChI=1S/C27H35N7O6S/c1-18-5-8-23(9-6-18)41(38,39)32(4)14-25-19(2)13-34(20(3)16-35)27(37)12-21-11-22(7-10-24(21)40-25)29-26(36)15-33-17-28-30-31-33/h5-11,17,19-20,25,35H,12-16H2,1-4H3,(H,29,36)/t19-,20-,25-/m1/s1. The zero-order valence-corrected chi connectivity index (χ0v) is 24.3. The highest BCUT2D eigenvalue weighted by molar-refractivity contribution is 7.89. The molecule has 0 aliphatic carbocycles. The molecule has 41 heavy (non-hydrogen) atoms. The van der Waals surface area contributed by atoms with E-state index >= 15 is 0 Å². The number of fused-ring (bicyclic) bond motifs is 1. The topological polar surface area (TPSA) is 160 Å². The van der Waals surface area contributed by atoms with E-state index in [0.717, 1.165) is 5.56 Å². The van der Waals surface area contributed by atoms with E-state index in [2.05, 4.69) is 20.8 Å². The lowest BCUT2D eigenvalue weighted by Crippen LogP contribution is -2.48. The molecule has 0 fully saturated rings. The molecule has 3 aromatic rings. The van der Waals surface area contributed by atoms with Gasteiger partial charge in [0.25, 0.3) is 0 Å². The molecule has 13 nitrogen and oxygen atoms in total. The number of aromatic nitrogens is 4. The molecule has 2 heterocycles. The molecule has 2 aromatic carbocycles. The van der Waals surface area contributed by atoms with Crippen molar-refractivity contribution in [3.8, 4) is 5.75 Å². The number of nitrogens with zero attached hydrogens (tertiary/aromatic N) is 6. The maximum atomic E-state index is 13.4. The fourth-order valence-electron chi connectivity index (χ4n) is 4.57. The number of anilines is 1. The molecule has 2 amide bonds. The first-order valence-electron chi connectivity index (χ1n) is 13.2. The van der Waals surface area contributed by atoms with Gasteiger partial charge >= 0.3 is 0 Å². The third kappa shape index (κ3) is 7.26. The zero-order valence-electron chi connectivity index (χ0n) is 23.5. The first-order chi connectivity index (χ1) is 19.5. The summed E-state index contributed by atoms with van der Waals surface area (Å²) in [5.74, 6) is -0.460. The Morgan fingerprint density at radius 3 is 2.63 bits per heavy atom. The van der Waals surface area contributed by atoms with Gasteiger partial charge in [0.05, 0.1) is 30.5 Å². The van der Waals surface area contributed by atoms with Gasteiger partial charge in [-0.3, -0.25) is 9.59 Å². The van der Waals surface area contributed by atoms with Crippen LogP contribution in [0.15, 0.2) is 53.7 Å². The zero-order chi connectivity index (χ0) is 29.7. The van der Waals surface area contributed by atoms with Gasteiger partial charge in [-0.1, -0.05) is 24.6 Å². The van der Waals surface area contributed by atoms with Gasteiger partial charge < -0.3 is 20.1 Å². The smallest absolute Gasteiger partial charge is 0.246 e. The van der Waals surface area contributed by atoms with Crippen molar-refractivity contribution < 1.29 is 27.9 Å². The number of tetrazole rings is 1. The summed E-state index contributed by atoms with van der Waals surface area (Å²) in [5.41, 5.74) is 1.92. The Labute approximate surface area is 239 Å². The van der Waals surface area contributed by atoms with E-state index < -0.39 is 22.2 Å². The van der Waals surface area contributed by atoms with Gasteiger partial charge in [0, 0.05) is 30.8 Å². The number of benzene rings is 2. The van der Waals surface area contributed by atoms with E-state index in [1.54, 1.807) is 54.3 Å². The number of rotatable bonds is 9. The summed E-state index contributed by atoms with van der Waals surface area (Å²) >= 11 is 0. The molecule has 1 aliphatic heterocycles. The predicted molar refractivity (Wildman–Crippen MR) is 149 cm³/mol. The van der Waals surface area contributed by atoms with E-state index in [9.17, 15) is 23.1 Å². The van der Waals surface area contributed by atoms with Gasteiger partial charge in [-0.05, 0) is 54.6 Å². The van der Waals surface area contributed by atoms with Crippen molar-refractivity contribution in [2.24, 2.45) is 5.92 Å². The number of carbonyl (C=O) groups is 2. The van der Waals surface area contributed by atoms with Gasteiger partial charge in [-0.15, -0.1) is 5.10 Å². The highest BCUT2D eigenvalue weighted by Crippen LogP contribution is 2.30. The van der Waals surface area contributed by atoms with Crippen molar-refractivity contribution in [1.29, 1.82) is 0 Å². The van der Waals surface area contributed by atoms with Gasteiger partial charge in [-0.25, -0.2) is 13.1 Å². The molecule has 0 saturated heterocycles. The lowest BCUT2D eigenvalue weighted by molar-refractivity contribution is -0.134. The summed E-state index contributed by atoms with van der Waals surface area (Å²) in [5, 5.41) is 23.3. The van der Waals surface area contributed by atoms with Crippen LogP contribution in [0.4, 0.5) is 5.69 Å². The van der Waals surface area contributed by atoms with Crippen LogP contribution in [0.2, 0.25) is 0 Å². The Morgan fingerprint density at radius 1 is 1.24 bits per heavy atom. The minimum Gasteiger partial charge on any atom is -0.488 e. The van der Waals surface area contributed by atoms with Crippen molar-refractivity contribution in [3.63, 3.8) is 0 Å². The molecule has 220 valence electrons. The summed E-state index contributed by atoms with van der Waals surface area (Å²) in [6.07, 6.45) is 0.663. The summed E-state index contributed by atoms with van der Waals surface area (Å²) < 4.78 is 35.6. The fourth-order valence-corrected chi connectivity index (χ4v) is 5.75. The third-order valence-electron chi connectivity index (χ3n) is 7.06. The Bertz CT molecular complexity index is 1460. The number of amides is 2. The predicted octanol–water partition coefficient (Wildman–Crippen LogP) is 1.09. The summed E-state index contributed by atoms with van der Waals surface area (Å²) in [7, 11) is -2.30. The molecule has 3 atom stereocenters. The van der Waals surface area contributed by atoms with Crippen molar-refractivity contribution in [2.45, 2.75) is 50.8 Å². The Morgan fingerprint density at radius 2 is 1.98 bits per heavy atom. The molecule has 0 saturated carbocycles. The van der Waals surface area contributed by atoms with Gasteiger partial charge in [-0.2, -0.15) is 4.31 Å². The van der Waals surface area contributed by atoms with Crippen molar-refractivity contribution in [2.75, 3.05) is 32.1 Å². The van der Waals surface area contributed by atoms with Crippen LogP contribution in [0.5, 0.6) is 5.75 Å². The Kier molecular flexibility index (Phi) is 9.35. The highest BCUT2D eigenvalue weighted by atomic mass is 32.2. The highest BCUT2D eigenvalue weighted by Gasteiger charge is 2.33. The molecule has 0 bridgehead atoms. The third-order valence-corrected chi connectivity index (χ3v) is 8.90. The van der Waals surface area contributed by atoms with E-state index in [1.165, 1.54) is 22.4 Å². The number of hydrogen-bond acceptors (Lipinski definition) is 9. The lowest BCUT2D eigenvalue weighted by Gasteiger charge is -2.33. The van der Waals surface area contributed by atoms with Crippen LogP contribution in [-0.4, -0.2) is 93.6 Å². The summed E-state index contributed by atoms with van der Waals surface area (Å²) in [6, 6.07) is 11.2. The SMILES string of the molecule is Cc1ccc(S(=O)(=O)N(C)C[C@H]2Oc3ccc(NC(=O)Cn4cnnn4)cc3CC(=O)N([C@H](C)CO)C[C@H]2C)cc1. The number of aliphatic hydroxyl groups is 1. The lowest BCUT2D eigenvalue weighted by atomic mass is 10.0. The molecule has 4 rings (SSSR count). The van der Waals surface area contributed by atoms with E-state index in [1.807, 2.05) is 13.8 Å². The van der Waals surface area contributed by atoms with Crippen LogP contribution in [0.1, 0.15) is 25.0 Å². The number of hydrogen-bond donors (Lipinski definition) is 2. The average Bonchev–Trinajstić information content (AvgIpc) is 3.45. The normalized spacial score (nSPS) is 18.6. The second-order valence-corrected chi connectivity index (χ2v) is 12.4. The Hall–Kier alpha value is -3.88. The Balaban J connectivity index is 1.62. The second-order valence-electron chi connectivity index (χ2n) is 10.4. The van der Waals surface area contributed by atoms with E-state index in [-0.39, 0.29) is 55.3 Å². The summed E-state index contributed by atoms with van der Waals surface area (Å²) in [4.78, 5) is 27.7. The van der Waals surface area contributed by atoms with Gasteiger partial charge in [0.15, 0.2) is 0 Å². The van der Waals surface area contributed by atoms with Crippen LogP contribution >= 0.6 is 0 Å². The number of aliphatic hydroxyl groups excluding tert-OH is 1. The summed E-state index contributed by atoms with van der Waals surface area (Å²) in [6.45, 7) is 5.48. The molecule has 0 radical (unpaired) electrons. The molecule has 2 N–H and O–H groups in total. The monoisotopic (exact) mass is 585 g/mol. The van der Waals surface area contributed by atoms with Crippen LogP contribution in [0, 0.1) is 12.8 Å².